The second kappa shape index (κ2) is 4.12. The minimum atomic E-state index is 0.748. The SMILES string of the molecule is C/C(Cc1cccc(Cl)c1)=N/N. The molecule has 3 heteroatoms. The van der Waals surface area contributed by atoms with Gasteiger partial charge in [-0.05, 0) is 24.6 Å². The summed E-state index contributed by atoms with van der Waals surface area (Å²) < 4.78 is 0. The van der Waals surface area contributed by atoms with Gasteiger partial charge >= 0.3 is 0 Å². The van der Waals surface area contributed by atoms with Crippen LogP contribution in [0, 0.1) is 0 Å². The minimum absolute atomic E-state index is 0.748. The summed E-state index contributed by atoms with van der Waals surface area (Å²) in [5.41, 5.74) is 2.03. The van der Waals surface area contributed by atoms with Crippen molar-refractivity contribution in [2.45, 2.75) is 13.3 Å². The highest BCUT2D eigenvalue weighted by Crippen LogP contribution is 2.11. The molecule has 2 N–H and O–H groups in total. The summed E-state index contributed by atoms with van der Waals surface area (Å²) in [5.74, 6) is 5.11. The molecule has 0 aliphatic carbocycles. The van der Waals surface area contributed by atoms with Crippen molar-refractivity contribution in [2.24, 2.45) is 10.9 Å². The molecule has 0 amide bonds. The molecule has 0 aromatic heterocycles. The lowest BCUT2D eigenvalue weighted by Crippen LogP contribution is -2.00. The van der Waals surface area contributed by atoms with E-state index < -0.39 is 0 Å². The molecule has 0 spiro atoms. The second-order valence-electron chi connectivity index (χ2n) is 2.67. The molecule has 1 rings (SSSR count). The predicted octanol–water partition coefficient (Wildman–Crippen LogP) is 2.22. The highest BCUT2D eigenvalue weighted by molar-refractivity contribution is 6.30. The van der Waals surface area contributed by atoms with Crippen LogP contribution in [0.15, 0.2) is 29.4 Å². The first kappa shape index (κ1) is 9.07. The van der Waals surface area contributed by atoms with E-state index in [1.807, 2.05) is 31.2 Å². The number of nitrogens with zero attached hydrogens (tertiary/aromatic N) is 1. The molecule has 1 aromatic rings. The van der Waals surface area contributed by atoms with Gasteiger partial charge in [-0.15, -0.1) is 0 Å². The molecular formula is C9H11ClN2. The molecular weight excluding hydrogens is 172 g/mol. The van der Waals surface area contributed by atoms with Crippen LogP contribution in [0.1, 0.15) is 12.5 Å². The molecule has 64 valence electrons. The van der Waals surface area contributed by atoms with Crippen molar-refractivity contribution in [1.82, 2.24) is 0 Å². The third kappa shape index (κ3) is 2.55. The predicted molar refractivity (Wildman–Crippen MR) is 52.5 cm³/mol. The van der Waals surface area contributed by atoms with E-state index in [0.717, 1.165) is 22.7 Å². The van der Waals surface area contributed by atoms with Gasteiger partial charge in [0.25, 0.3) is 0 Å². The van der Waals surface area contributed by atoms with Crippen LogP contribution in [0.5, 0.6) is 0 Å². The largest absolute Gasteiger partial charge is 0.323 e. The summed E-state index contributed by atoms with van der Waals surface area (Å²) in [7, 11) is 0. The van der Waals surface area contributed by atoms with Crippen LogP contribution in [0.4, 0.5) is 0 Å². The first-order valence-corrected chi connectivity index (χ1v) is 4.08. The Labute approximate surface area is 77.0 Å². The highest BCUT2D eigenvalue weighted by atomic mass is 35.5. The number of hydrogen-bond donors (Lipinski definition) is 1. The minimum Gasteiger partial charge on any atom is -0.323 e. The van der Waals surface area contributed by atoms with Crippen molar-refractivity contribution < 1.29 is 0 Å². The van der Waals surface area contributed by atoms with Gasteiger partial charge in [0.15, 0.2) is 0 Å². The fourth-order valence-electron chi connectivity index (χ4n) is 0.988. The third-order valence-corrected chi connectivity index (χ3v) is 1.80. The summed E-state index contributed by atoms with van der Waals surface area (Å²) in [4.78, 5) is 0. The molecule has 0 radical (unpaired) electrons. The third-order valence-electron chi connectivity index (χ3n) is 1.57. The van der Waals surface area contributed by atoms with Crippen molar-refractivity contribution >= 4 is 17.3 Å². The van der Waals surface area contributed by atoms with Crippen LogP contribution in [-0.2, 0) is 6.42 Å². The molecule has 0 aliphatic heterocycles. The summed E-state index contributed by atoms with van der Waals surface area (Å²) in [5, 5.41) is 4.33. The molecule has 12 heavy (non-hydrogen) atoms. The Kier molecular flexibility index (Phi) is 3.11. The average molecular weight is 183 g/mol. The standard InChI is InChI=1S/C9H11ClN2/c1-7(12-11)5-8-3-2-4-9(10)6-8/h2-4,6H,5,11H2,1H3/b12-7-. The van der Waals surface area contributed by atoms with E-state index in [4.69, 9.17) is 17.4 Å². The fraction of sp³-hybridized carbons (Fsp3) is 0.222. The topological polar surface area (TPSA) is 38.4 Å². The Balaban J connectivity index is 2.76. The monoisotopic (exact) mass is 182 g/mol. The lowest BCUT2D eigenvalue weighted by atomic mass is 10.1. The first-order chi connectivity index (χ1) is 5.72. The van der Waals surface area contributed by atoms with E-state index in [2.05, 4.69) is 5.10 Å². The lowest BCUT2D eigenvalue weighted by Gasteiger charge is -1.99. The molecule has 0 fully saturated rings. The maximum atomic E-state index is 5.80. The molecule has 0 bridgehead atoms. The number of benzene rings is 1. The first-order valence-electron chi connectivity index (χ1n) is 3.70. The number of hydrazone groups is 1. The number of nitrogens with two attached hydrogens (primary N) is 1. The molecule has 0 atom stereocenters. The Morgan fingerprint density at radius 2 is 2.33 bits per heavy atom. The van der Waals surface area contributed by atoms with Gasteiger partial charge in [0.1, 0.15) is 0 Å². The van der Waals surface area contributed by atoms with Crippen molar-refractivity contribution in [1.29, 1.82) is 0 Å². The maximum absolute atomic E-state index is 5.80. The van der Waals surface area contributed by atoms with E-state index >= 15 is 0 Å². The summed E-state index contributed by atoms with van der Waals surface area (Å²) in [6.07, 6.45) is 0.761. The highest BCUT2D eigenvalue weighted by Gasteiger charge is 1.95. The quantitative estimate of drug-likeness (QED) is 0.425. The molecule has 2 nitrogen and oxygen atoms in total. The maximum Gasteiger partial charge on any atom is 0.0408 e. The van der Waals surface area contributed by atoms with Crippen LogP contribution in [0.2, 0.25) is 5.02 Å². The van der Waals surface area contributed by atoms with Crippen LogP contribution >= 0.6 is 11.6 Å². The van der Waals surface area contributed by atoms with Crippen molar-refractivity contribution in [3.05, 3.63) is 34.9 Å². The van der Waals surface area contributed by atoms with Gasteiger partial charge in [0.2, 0.25) is 0 Å². The van der Waals surface area contributed by atoms with Gasteiger partial charge in [0, 0.05) is 17.2 Å². The smallest absolute Gasteiger partial charge is 0.0408 e. The molecule has 0 saturated heterocycles. The lowest BCUT2D eigenvalue weighted by molar-refractivity contribution is 1.18. The Bertz CT molecular complexity index is 294. The fourth-order valence-corrected chi connectivity index (χ4v) is 1.20. The number of hydrogen-bond acceptors (Lipinski definition) is 2. The molecule has 0 aliphatic rings. The summed E-state index contributed by atoms with van der Waals surface area (Å²) in [6, 6.07) is 7.68. The summed E-state index contributed by atoms with van der Waals surface area (Å²) >= 11 is 5.80. The molecule has 1 aromatic carbocycles. The van der Waals surface area contributed by atoms with Crippen LogP contribution in [0.3, 0.4) is 0 Å². The van der Waals surface area contributed by atoms with Crippen molar-refractivity contribution in [3.63, 3.8) is 0 Å². The molecule has 0 unspecified atom stereocenters. The zero-order valence-corrected chi connectivity index (χ0v) is 7.67. The van der Waals surface area contributed by atoms with Gasteiger partial charge in [0.05, 0.1) is 0 Å². The Morgan fingerprint density at radius 3 is 2.92 bits per heavy atom. The van der Waals surface area contributed by atoms with E-state index in [-0.39, 0.29) is 0 Å². The molecule has 0 heterocycles. The van der Waals surface area contributed by atoms with Crippen molar-refractivity contribution in [2.75, 3.05) is 0 Å². The number of halogens is 1. The van der Waals surface area contributed by atoms with E-state index in [1.165, 1.54) is 0 Å². The van der Waals surface area contributed by atoms with Gasteiger partial charge in [-0.3, -0.25) is 0 Å². The Morgan fingerprint density at radius 1 is 1.58 bits per heavy atom. The van der Waals surface area contributed by atoms with Crippen LogP contribution in [-0.4, -0.2) is 5.71 Å². The van der Waals surface area contributed by atoms with E-state index in [1.54, 1.807) is 0 Å². The summed E-state index contributed by atoms with van der Waals surface area (Å²) in [6.45, 7) is 1.89. The normalized spacial score (nSPS) is 11.7. The Hall–Kier alpha value is -1.02. The van der Waals surface area contributed by atoms with Crippen molar-refractivity contribution in [3.8, 4) is 0 Å². The number of rotatable bonds is 2. The van der Waals surface area contributed by atoms with E-state index in [0.29, 0.717) is 0 Å². The second-order valence-corrected chi connectivity index (χ2v) is 3.11. The van der Waals surface area contributed by atoms with Gasteiger partial charge in [-0.2, -0.15) is 5.10 Å². The van der Waals surface area contributed by atoms with Gasteiger partial charge in [-0.25, -0.2) is 0 Å². The van der Waals surface area contributed by atoms with E-state index in [9.17, 15) is 0 Å². The zero-order valence-electron chi connectivity index (χ0n) is 6.92. The molecule has 0 saturated carbocycles. The van der Waals surface area contributed by atoms with Crippen LogP contribution < -0.4 is 5.84 Å². The van der Waals surface area contributed by atoms with Crippen LogP contribution in [0.25, 0.3) is 0 Å². The van der Waals surface area contributed by atoms with Gasteiger partial charge < -0.3 is 5.84 Å². The van der Waals surface area contributed by atoms with Gasteiger partial charge in [-0.1, -0.05) is 23.7 Å². The average Bonchev–Trinajstić information content (AvgIpc) is 2.04. The zero-order chi connectivity index (χ0) is 8.97.